The minimum atomic E-state index is -0.228. The van der Waals surface area contributed by atoms with Crippen LogP contribution in [0.25, 0.3) is 0 Å². The van der Waals surface area contributed by atoms with Gasteiger partial charge in [-0.3, -0.25) is 4.79 Å². The average Bonchev–Trinajstić information content (AvgIpc) is 2.50. The number of nitrogens with zero attached hydrogens (tertiary/aromatic N) is 2. The Bertz CT molecular complexity index is 690. The van der Waals surface area contributed by atoms with Gasteiger partial charge in [-0.1, -0.05) is 41.9 Å². The molecule has 0 aliphatic rings. The predicted octanol–water partition coefficient (Wildman–Crippen LogP) is 3.38. The SMILES string of the molecule is N#CCCCn1cc(Cl)cc(OCc2ccccc2)c1=O. The number of aryl methyl sites for hydroxylation is 1. The lowest BCUT2D eigenvalue weighted by molar-refractivity contribution is 0.299. The van der Waals surface area contributed by atoms with Crippen LogP contribution < -0.4 is 10.3 Å². The summed E-state index contributed by atoms with van der Waals surface area (Å²) in [5.74, 6) is 0.225. The number of benzene rings is 1. The van der Waals surface area contributed by atoms with Crippen molar-refractivity contribution in [3.05, 3.63) is 63.5 Å². The van der Waals surface area contributed by atoms with Gasteiger partial charge in [0.1, 0.15) is 6.61 Å². The number of nitriles is 1. The van der Waals surface area contributed by atoms with Crippen molar-refractivity contribution >= 4 is 11.6 Å². The number of halogens is 1. The number of pyridine rings is 1. The molecule has 108 valence electrons. The fourth-order valence-corrected chi connectivity index (χ4v) is 2.12. The van der Waals surface area contributed by atoms with E-state index in [-0.39, 0.29) is 11.3 Å². The van der Waals surface area contributed by atoms with Gasteiger partial charge in [0.05, 0.1) is 11.1 Å². The van der Waals surface area contributed by atoms with E-state index in [1.54, 1.807) is 6.20 Å². The summed E-state index contributed by atoms with van der Waals surface area (Å²) in [6.45, 7) is 0.767. The third-order valence-corrected chi connectivity index (χ3v) is 3.15. The monoisotopic (exact) mass is 302 g/mol. The highest BCUT2D eigenvalue weighted by Crippen LogP contribution is 2.15. The van der Waals surface area contributed by atoms with E-state index in [1.807, 2.05) is 30.3 Å². The van der Waals surface area contributed by atoms with Crippen LogP contribution in [0.4, 0.5) is 0 Å². The molecule has 2 rings (SSSR count). The van der Waals surface area contributed by atoms with Crippen molar-refractivity contribution in [2.24, 2.45) is 0 Å². The van der Waals surface area contributed by atoms with E-state index in [0.717, 1.165) is 5.56 Å². The Morgan fingerprint density at radius 1 is 1.29 bits per heavy atom. The van der Waals surface area contributed by atoms with Crippen LogP contribution in [0.3, 0.4) is 0 Å². The summed E-state index contributed by atoms with van der Waals surface area (Å²) < 4.78 is 7.05. The predicted molar refractivity (Wildman–Crippen MR) is 81.3 cm³/mol. The van der Waals surface area contributed by atoms with Crippen molar-refractivity contribution < 1.29 is 4.74 Å². The number of ether oxygens (including phenoxy) is 1. The Kier molecular flexibility index (Phi) is 5.42. The van der Waals surface area contributed by atoms with Crippen LogP contribution in [0.1, 0.15) is 18.4 Å². The van der Waals surface area contributed by atoms with Crippen molar-refractivity contribution in [3.8, 4) is 11.8 Å². The summed E-state index contributed by atoms with van der Waals surface area (Å²) in [5, 5.41) is 8.98. The Hall–Kier alpha value is -2.25. The van der Waals surface area contributed by atoms with Crippen LogP contribution in [0.5, 0.6) is 5.75 Å². The van der Waals surface area contributed by atoms with Gasteiger partial charge in [0, 0.05) is 25.2 Å². The number of unbranched alkanes of at least 4 members (excludes halogenated alkanes) is 1. The molecule has 0 fully saturated rings. The Labute approximate surface area is 128 Å². The van der Waals surface area contributed by atoms with Crippen LogP contribution in [-0.2, 0) is 13.2 Å². The molecule has 0 N–H and O–H groups in total. The van der Waals surface area contributed by atoms with Crippen molar-refractivity contribution in [3.63, 3.8) is 0 Å². The second-order valence-electron chi connectivity index (χ2n) is 4.56. The summed E-state index contributed by atoms with van der Waals surface area (Å²) in [7, 11) is 0. The van der Waals surface area contributed by atoms with Gasteiger partial charge in [-0.05, 0) is 12.0 Å². The molecule has 0 aliphatic carbocycles. The van der Waals surface area contributed by atoms with Gasteiger partial charge in [0.2, 0.25) is 0 Å². The van der Waals surface area contributed by atoms with E-state index in [0.29, 0.717) is 31.0 Å². The second-order valence-corrected chi connectivity index (χ2v) is 4.99. The molecule has 0 radical (unpaired) electrons. The molecule has 0 bridgehead atoms. The van der Waals surface area contributed by atoms with Crippen LogP contribution in [0.2, 0.25) is 5.02 Å². The molecular weight excluding hydrogens is 288 g/mol. The number of rotatable bonds is 6. The lowest BCUT2D eigenvalue weighted by Gasteiger charge is -2.10. The molecule has 0 saturated carbocycles. The first-order valence-electron chi connectivity index (χ1n) is 6.64. The van der Waals surface area contributed by atoms with Crippen molar-refractivity contribution in [2.45, 2.75) is 26.0 Å². The van der Waals surface area contributed by atoms with E-state index in [2.05, 4.69) is 6.07 Å². The topological polar surface area (TPSA) is 55.0 Å². The molecule has 1 aromatic heterocycles. The molecule has 1 heterocycles. The fraction of sp³-hybridized carbons (Fsp3) is 0.250. The molecule has 21 heavy (non-hydrogen) atoms. The first-order valence-corrected chi connectivity index (χ1v) is 7.02. The van der Waals surface area contributed by atoms with E-state index >= 15 is 0 Å². The molecule has 0 aliphatic heterocycles. The molecular formula is C16H15ClN2O2. The summed E-state index contributed by atoms with van der Waals surface area (Å²) in [6.07, 6.45) is 2.57. The van der Waals surface area contributed by atoms with Gasteiger partial charge in [-0.25, -0.2) is 0 Å². The fourth-order valence-electron chi connectivity index (χ4n) is 1.91. The van der Waals surface area contributed by atoms with Crippen LogP contribution in [0.15, 0.2) is 47.4 Å². The number of aromatic nitrogens is 1. The Balaban J connectivity index is 2.12. The van der Waals surface area contributed by atoms with Crippen molar-refractivity contribution in [2.75, 3.05) is 0 Å². The zero-order chi connectivity index (χ0) is 15.1. The van der Waals surface area contributed by atoms with Gasteiger partial charge in [-0.15, -0.1) is 0 Å². The standard InChI is InChI=1S/C16H15ClN2O2/c17-14-10-15(21-12-13-6-2-1-3-7-13)16(20)19(11-14)9-5-4-8-18/h1-3,6-7,10-11H,4-5,9,12H2. The van der Waals surface area contributed by atoms with Crippen molar-refractivity contribution in [1.29, 1.82) is 5.26 Å². The maximum Gasteiger partial charge on any atom is 0.292 e. The first kappa shape index (κ1) is 15.1. The highest BCUT2D eigenvalue weighted by atomic mass is 35.5. The molecule has 5 heteroatoms. The summed E-state index contributed by atoms with van der Waals surface area (Å²) in [4.78, 5) is 12.2. The maximum atomic E-state index is 12.2. The Morgan fingerprint density at radius 3 is 2.76 bits per heavy atom. The summed E-state index contributed by atoms with van der Waals surface area (Å²) in [6, 6.07) is 13.2. The number of hydrogen-bond donors (Lipinski definition) is 0. The Morgan fingerprint density at radius 2 is 2.05 bits per heavy atom. The minimum Gasteiger partial charge on any atom is -0.483 e. The van der Waals surface area contributed by atoms with Gasteiger partial charge in [-0.2, -0.15) is 5.26 Å². The van der Waals surface area contributed by atoms with Gasteiger partial charge < -0.3 is 9.30 Å². The van der Waals surface area contributed by atoms with E-state index in [4.69, 9.17) is 21.6 Å². The average molecular weight is 303 g/mol. The van der Waals surface area contributed by atoms with Gasteiger partial charge in [0.15, 0.2) is 5.75 Å². The third kappa shape index (κ3) is 4.37. The van der Waals surface area contributed by atoms with E-state index < -0.39 is 0 Å². The normalized spacial score (nSPS) is 10.1. The molecule has 0 amide bonds. The minimum absolute atomic E-state index is 0.225. The van der Waals surface area contributed by atoms with Gasteiger partial charge in [0.25, 0.3) is 5.56 Å². The molecule has 2 aromatic rings. The molecule has 0 unspecified atom stereocenters. The lowest BCUT2D eigenvalue weighted by atomic mass is 10.2. The quantitative estimate of drug-likeness (QED) is 0.769. The highest BCUT2D eigenvalue weighted by Gasteiger charge is 2.07. The summed E-state index contributed by atoms with van der Waals surface area (Å²) >= 11 is 6.01. The smallest absolute Gasteiger partial charge is 0.292 e. The largest absolute Gasteiger partial charge is 0.483 e. The zero-order valence-electron chi connectivity index (χ0n) is 11.5. The summed E-state index contributed by atoms with van der Waals surface area (Å²) in [5.41, 5.74) is 0.751. The van der Waals surface area contributed by atoms with Crippen LogP contribution >= 0.6 is 11.6 Å². The lowest BCUT2D eigenvalue weighted by Crippen LogP contribution is -2.21. The third-order valence-electron chi connectivity index (χ3n) is 2.94. The van der Waals surface area contributed by atoms with Crippen molar-refractivity contribution in [1.82, 2.24) is 4.57 Å². The van der Waals surface area contributed by atoms with E-state index in [1.165, 1.54) is 10.6 Å². The molecule has 1 aromatic carbocycles. The zero-order valence-corrected chi connectivity index (χ0v) is 12.2. The molecule has 4 nitrogen and oxygen atoms in total. The second kappa shape index (κ2) is 7.51. The van der Waals surface area contributed by atoms with Gasteiger partial charge >= 0.3 is 0 Å². The van der Waals surface area contributed by atoms with Crippen LogP contribution in [0, 0.1) is 11.3 Å². The van der Waals surface area contributed by atoms with Crippen LogP contribution in [-0.4, -0.2) is 4.57 Å². The number of hydrogen-bond acceptors (Lipinski definition) is 3. The molecule has 0 saturated heterocycles. The molecule has 0 spiro atoms. The first-order chi connectivity index (χ1) is 10.2. The maximum absolute atomic E-state index is 12.2. The van der Waals surface area contributed by atoms with E-state index in [9.17, 15) is 4.79 Å². The molecule has 0 atom stereocenters. The highest BCUT2D eigenvalue weighted by molar-refractivity contribution is 6.30.